The van der Waals surface area contributed by atoms with E-state index < -0.39 is 9.84 Å². The van der Waals surface area contributed by atoms with E-state index in [4.69, 9.17) is 5.73 Å². The van der Waals surface area contributed by atoms with Gasteiger partial charge < -0.3 is 11.1 Å². The Labute approximate surface area is 120 Å². The quantitative estimate of drug-likeness (QED) is 0.873. The van der Waals surface area contributed by atoms with Gasteiger partial charge in [-0.3, -0.25) is 0 Å². The zero-order valence-corrected chi connectivity index (χ0v) is 13.0. The van der Waals surface area contributed by atoms with Crippen LogP contribution in [0.15, 0.2) is 0 Å². The summed E-state index contributed by atoms with van der Waals surface area (Å²) in [5, 5.41) is 2.82. The lowest BCUT2D eigenvalue weighted by Crippen LogP contribution is -2.26. The largest absolute Gasteiger partial charge is 0.383 e. The van der Waals surface area contributed by atoms with Gasteiger partial charge in [-0.2, -0.15) is 0 Å². The molecule has 3 N–H and O–H groups in total. The Morgan fingerprint density at radius 3 is 2.65 bits per heavy atom. The topological polar surface area (TPSA) is 98.0 Å². The summed E-state index contributed by atoms with van der Waals surface area (Å²) in [5.41, 5.74) is 6.66. The van der Waals surface area contributed by atoms with E-state index in [0.29, 0.717) is 36.2 Å². The van der Waals surface area contributed by atoms with Gasteiger partial charge in [0.1, 0.15) is 17.5 Å². The molecule has 1 unspecified atom stereocenters. The van der Waals surface area contributed by atoms with Crippen LogP contribution in [0, 0.1) is 6.92 Å². The second-order valence-electron chi connectivity index (χ2n) is 5.61. The minimum Gasteiger partial charge on any atom is -0.383 e. The summed E-state index contributed by atoms with van der Waals surface area (Å²) < 4.78 is 23.6. The third-order valence-corrected chi connectivity index (χ3v) is 5.95. The zero-order valence-electron chi connectivity index (χ0n) is 12.2. The zero-order chi connectivity index (χ0) is 14.9. The van der Waals surface area contributed by atoms with E-state index >= 15 is 0 Å². The summed E-state index contributed by atoms with van der Waals surface area (Å²) in [6.07, 6.45) is 1.46. The van der Waals surface area contributed by atoms with Crippen molar-refractivity contribution in [3.05, 3.63) is 11.4 Å². The Hall–Kier alpha value is -1.37. The van der Waals surface area contributed by atoms with Gasteiger partial charge in [-0.1, -0.05) is 13.8 Å². The molecule has 6 nitrogen and oxygen atoms in total. The number of anilines is 2. The molecule has 1 aliphatic heterocycles. The van der Waals surface area contributed by atoms with Gasteiger partial charge in [0.2, 0.25) is 0 Å². The average molecular weight is 298 g/mol. The summed E-state index contributed by atoms with van der Waals surface area (Å²) in [4.78, 5) is 8.69. The first kappa shape index (κ1) is 15.0. The van der Waals surface area contributed by atoms with Crippen molar-refractivity contribution in [2.45, 2.75) is 44.8 Å². The maximum absolute atomic E-state index is 11.8. The van der Waals surface area contributed by atoms with Crippen LogP contribution in [0.4, 0.5) is 11.6 Å². The van der Waals surface area contributed by atoms with Gasteiger partial charge in [0.05, 0.1) is 11.0 Å². The first-order valence-corrected chi connectivity index (χ1v) is 8.62. The third kappa shape index (κ3) is 3.03. The number of aromatic nitrogens is 2. The van der Waals surface area contributed by atoms with E-state index in [-0.39, 0.29) is 11.2 Å². The van der Waals surface area contributed by atoms with Crippen LogP contribution in [0.1, 0.15) is 44.0 Å². The van der Waals surface area contributed by atoms with E-state index in [1.807, 2.05) is 20.8 Å². The lowest BCUT2D eigenvalue weighted by atomic mass is 10.2. The van der Waals surface area contributed by atoms with Crippen LogP contribution in [0.2, 0.25) is 0 Å². The highest BCUT2D eigenvalue weighted by atomic mass is 32.2. The van der Waals surface area contributed by atoms with Crippen molar-refractivity contribution in [2.24, 2.45) is 0 Å². The highest BCUT2D eigenvalue weighted by Crippen LogP contribution is 2.23. The smallest absolute Gasteiger partial charge is 0.154 e. The first-order chi connectivity index (χ1) is 9.31. The van der Waals surface area contributed by atoms with Gasteiger partial charge in [0.25, 0.3) is 0 Å². The van der Waals surface area contributed by atoms with E-state index in [1.165, 1.54) is 0 Å². The summed E-state index contributed by atoms with van der Waals surface area (Å²) >= 11 is 0. The van der Waals surface area contributed by atoms with Crippen LogP contribution in [0.25, 0.3) is 0 Å². The average Bonchev–Trinajstić information content (AvgIpc) is 2.70. The second-order valence-corrected chi connectivity index (χ2v) is 8.01. The summed E-state index contributed by atoms with van der Waals surface area (Å²) in [6.45, 7) is 6.21. The predicted octanol–water partition coefficient (Wildman–Crippen LogP) is 1.48. The Morgan fingerprint density at radius 1 is 1.40 bits per heavy atom. The van der Waals surface area contributed by atoms with Crippen molar-refractivity contribution in [1.82, 2.24) is 9.97 Å². The van der Waals surface area contributed by atoms with Gasteiger partial charge in [-0.25, -0.2) is 18.4 Å². The maximum atomic E-state index is 11.8. The van der Waals surface area contributed by atoms with E-state index in [0.717, 1.165) is 12.0 Å². The van der Waals surface area contributed by atoms with Crippen LogP contribution in [0.5, 0.6) is 0 Å². The molecular formula is C13H22N4O2S. The molecule has 0 spiro atoms. The molecule has 0 saturated carbocycles. The lowest BCUT2D eigenvalue weighted by molar-refractivity contribution is 0.591. The molecule has 7 heteroatoms. The molecule has 1 aromatic heterocycles. The normalized spacial score (nSPS) is 21.3. The highest BCUT2D eigenvalue weighted by Gasteiger charge is 2.31. The maximum Gasteiger partial charge on any atom is 0.154 e. The summed E-state index contributed by atoms with van der Waals surface area (Å²) in [5.74, 6) is 2.23. The van der Waals surface area contributed by atoms with Gasteiger partial charge in [-0.15, -0.1) is 0 Å². The summed E-state index contributed by atoms with van der Waals surface area (Å²) in [7, 11) is -2.94. The lowest BCUT2D eigenvalue weighted by Gasteiger charge is -2.15. The Morgan fingerprint density at radius 2 is 2.10 bits per heavy atom. The Kier molecular flexibility index (Phi) is 4.17. The van der Waals surface area contributed by atoms with Gasteiger partial charge >= 0.3 is 0 Å². The number of hydrogen-bond acceptors (Lipinski definition) is 6. The highest BCUT2D eigenvalue weighted by molar-refractivity contribution is 7.92. The number of sulfone groups is 1. The van der Waals surface area contributed by atoms with Gasteiger partial charge in [0.15, 0.2) is 9.84 Å². The molecular weight excluding hydrogens is 276 g/mol. The molecule has 112 valence electrons. The van der Waals surface area contributed by atoms with Crippen LogP contribution in [-0.2, 0) is 9.84 Å². The molecule has 1 aromatic rings. The second kappa shape index (κ2) is 5.55. The molecule has 2 heterocycles. The third-order valence-electron chi connectivity index (χ3n) is 3.68. The monoisotopic (exact) mass is 298 g/mol. The Balaban J connectivity index is 2.17. The fourth-order valence-electron chi connectivity index (χ4n) is 2.28. The predicted molar refractivity (Wildman–Crippen MR) is 80.6 cm³/mol. The standard InChI is InChI=1S/C13H22N4O2S/c1-8(2)12-16-11(14)9(3)13(17-12)15-7-10-5-4-6-20(10,18)19/h8,10H,4-7H2,1-3H3,(H3,14,15,16,17). The number of nitrogens with one attached hydrogen (secondary N) is 1. The molecule has 1 fully saturated rings. The van der Waals surface area contributed by atoms with Crippen molar-refractivity contribution < 1.29 is 8.42 Å². The van der Waals surface area contributed by atoms with Crippen molar-refractivity contribution >= 4 is 21.5 Å². The van der Waals surface area contributed by atoms with Crippen molar-refractivity contribution in [3.63, 3.8) is 0 Å². The van der Waals surface area contributed by atoms with Crippen LogP contribution >= 0.6 is 0 Å². The molecule has 0 bridgehead atoms. The van der Waals surface area contributed by atoms with E-state index in [1.54, 1.807) is 0 Å². The van der Waals surface area contributed by atoms with Crippen molar-refractivity contribution in [2.75, 3.05) is 23.3 Å². The number of rotatable bonds is 4. The fraction of sp³-hybridized carbons (Fsp3) is 0.692. The number of nitrogens with two attached hydrogens (primary N) is 1. The molecule has 0 radical (unpaired) electrons. The molecule has 0 aromatic carbocycles. The minimum absolute atomic E-state index is 0.175. The van der Waals surface area contributed by atoms with E-state index in [2.05, 4.69) is 15.3 Å². The molecule has 0 aliphatic carbocycles. The molecule has 1 saturated heterocycles. The number of nitrogens with zero attached hydrogens (tertiary/aromatic N) is 2. The minimum atomic E-state index is -2.94. The van der Waals surface area contributed by atoms with Crippen molar-refractivity contribution in [1.29, 1.82) is 0 Å². The van der Waals surface area contributed by atoms with Crippen LogP contribution in [-0.4, -0.2) is 35.9 Å². The van der Waals surface area contributed by atoms with E-state index in [9.17, 15) is 8.42 Å². The molecule has 2 rings (SSSR count). The fourth-order valence-corrected chi connectivity index (χ4v) is 4.05. The van der Waals surface area contributed by atoms with Crippen molar-refractivity contribution in [3.8, 4) is 0 Å². The Bertz CT molecular complexity index is 599. The molecule has 20 heavy (non-hydrogen) atoms. The van der Waals surface area contributed by atoms with Gasteiger partial charge in [0, 0.05) is 18.0 Å². The van der Waals surface area contributed by atoms with Crippen LogP contribution < -0.4 is 11.1 Å². The number of nitrogen functional groups attached to an aromatic ring is 1. The molecule has 1 aliphatic rings. The summed E-state index contributed by atoms with van der Waals surface area (Å²) in [6, 6.07) is 0. The SMILES string of the molecule is Cc1c(N)nc(C(C)C)nc1NCC1CCCS1(=O)=O. The molecule has 0 amide bonds. The van der Waals surface area contributed by atoms with Crippen LogP contribution in [0.3, 0.4) is 0 Å². The first-order valence-electron chi connectivity index (χ1n) is 6.90. The van der Waals surface area contributed by atoms with Gasteiger partial charge in [-0.05, 0) is 19.8 Å². The molecule has 1 atom stereocenters. The number of hydrogen-bond donors (Lipinski definition) is 2.